The summed E-state index contributed by atoms with van der Waals surface area (Å²) in [7, 11) is 0. The molecule has 22 heavy (non-hydrogen) atoms. The van der Waals surface area contributed by atoms with Crippen LogP contribution in [-0.4, -0.2) is 10.9 Å². The maximum absolute atomic E-state index is 11.5. The molecule has 3 heteroatoms. The number of hydrogen-bond donors (Lipinski definition) is 0. The molecule has 0 aromatic carbocycles. The second-order valence-corrected chi connectivity index (χ2v) is 7.33. The number of nitrogens with zero attached hydrogens (tertiary/aromatic N) is 1. The normalized spacial score (nSPS) is 20.3. The summed E-state index contributed by atoms with van der Waals surface area (Å²) in [4.78, 5) is 11.5. The fourth-order valence-corrected chi connectivity index (χ4v) is 4.00. The number of aromatic nitrogens is 1. The van der Waals surface area contributed by atoms with Gasteiger partial charge in [-0.25, -0.2) is 0 Å². The summed E-state index contributed by atoms with van der Waals surface area (Å²) < 4.78 is 5.51. The van der Waals surface area contributed by atoms with Gasteiger partial charge < -0.3 is 4.52 Å². The molecule has 1 aliphatic rings. The van der Waals surface area contributed by atoms with E-state index in [1.54, 1.807) is 6.92 Å². The topological polar surface area (TPSA) is 43.1 Å². The monoisotopic (exact) mass is 305 g/mol. The zero-order valence-electron chi connectivity index (χ0n) is 14.5. The molecule has 124 valence electrons. The molecule has 0 radical (unpaired) electrons. The van der Waals surface area contributed by atoms with Crippen molar-refractivity contribution >= 4 is 5.78 Å². The highest BCUT2D eigenvalue weighted by atomic mass is 16.5. The fourth-order valence-electron chi connectivity index (χ4n) is 4.00. The highest BCUT2D eigenvalue weighted by Gasteiger charge is 2.33. The van der Waals surface area contributed by atoms with Crippen LogP contribution in [0.3, 0.4) is 0 Å². The molecule has 0 saturated heterocycles. The molecule has 0 atom stereocenters. The minimum atomic E-state index is 0.110. The molecule has 1 fully saturated rings. The van der Waals surface area contributed by atoms with Crippen molar-refractivity contribution in [2.45, 2.75) is 96.8 Å². The second-order valence-electron chi connectivity index (χ2n) is 7.33. The summed E-state index contributed by atoms with van der Waals surface area (Å²) in [6, 6.07) is 0. The summed E-state index contributed by atoms with van der Waals surface area (Å²) in [5.74, 6) is 0.958. The number of carbonyl (C=O) groups excluding carboxylic acids is 1. The standard InChI is InChI=1S/C19H31NO2/c1-15(21)14-17-18(16(2)20-22-17)19(3)12-10-8-6-4-5-7-9-11-13-19/h4-14H2,1-3H3. The predicted molar refractivity (Wildman–Crippen MR) is 89.1 cm³/mol. The molecular weight excluding hydrogens is 274 g/mol. The van der Waals surface area contributed by atoms with Gasteiger partial charge in [0.2, 0.25) is 0 Å². The molecule has 1 aromatic rings. The summed E-state index contributed by atoms with van der Waals surface area (Å²) in [6.45, 7) is 6.01. The van der Waals surface area contributed by atoms with Gasteiger partial charge in [-0.3, -0.25) is 4.79 Å². The Kier molecular flexibility index (Phi) is 6.22. The van der Waals surface area contributed by atoms with Crippen LogP contribution < -0.4 is 0 Å². The average molecular weight is 305 g/mol. The first kappa shape index (κ1) is 17.2. The molecular formula is C19H31NO2. The van der Waals surface area contributed by atoms with E-state index in [1.807, 2.05) is 6.92 Å². The van der Waals surface area contributed by atoms with Crippen LogP contribution in [0.15, 0.2) is 4.52 Å². The van der Waals surface area contributed by atoms with Crippen LogP contribution in [0.5, 0.6) is 0 Å². The molecule has 0 spiro atoms. The van der Waals surface area contributed by atoms with Crippen LogP contribution in [0.4, 0.5) is 0 Å². The lowest BCUT2D eigenvalue weighted by molar-refractivity contribution is -0.116. The van der Waals surface area contributed by atoms with E-state index in [0.717, 1.165) is 11.5 Å². The van der Waals surface area contributed by atoms with Crippen LogP contribution in [0, 0.1) is 6.92 Å². The SMILES string of the molecule is CC(=O)Cc1onc(C)c1C1(C)CCCCCCCCCC1. The number of rotatable bonds is 3. The Hall–Kier alpha value is -1.12. The molecule has 1 aliphatic carbocycles. The van der Waals surface area contributed by atoms with Crippen molar-refractivity contribution in [2.75, 3.05) is 0 Å². The van der Waals surface area contributed by atoms with Crippen molar-refractivity contribution in [3.05, 3.63) is 17.0 Å². The molecule has 0 amide bonds. The first-order chi connectivity index (χ1) is 10.5. The molecule has 3 nitrogen and oxygen atoms in total. The van der Waals surface area contributed by atoms with Crippen molar-refractivity contribution in [2.24, 2.45) is 0 Å². The smallest absolute Gasteiger partial charge is 0.148 e. The third-order valence-electron chi connectivity index (χ3n) is 5.15. The van der Waals surface area contributed by atoms with E-state index in [2.05, 4.69) is 12.1 Å². The maximum Gasteiger partial charge on any atom is 0.148 e. The van der Waals surface area contributed by atoms with E-state index < -0.39 is 0 Å². The quantitative estimate of drug-likeness (QED) is 0.762. The van der Waals surface area contributed by atoms with Gasteiger partial charge in [-0.05, 0) is 32.1 Å². The Balaban J connectivity index is 2.24. The second kappa shape index (κ2) is 7.94. The van der Waals surface area contributed by atoms with Gasteiger partial charge in [0.15, 0.2) is 0 Å². The minimum absolute atomic E-state index is 0.110. The molecule has 2 rings (SSSR count). The molecule has 1 aromatic heterocycles. The van der Waals surface area contributed by atoms with Crippen LogP contribution in [0.2, 0.25) is 0 Å². The lowest BCUT2D eigenvalue weighted by Gasteiger charge is -2.30. The number of Topliss-reactive ketones (excluding diaryl/α,β-unsaturated/α-hetero) is 1. The van der Waals surface area contributed by atoms with Crippen molar-refractivity contribution in [3.63, 3.8) is 0 Å². The van der Waals surface area contributed by atoms with E-state index in [1.165, 1.54) is 69.8 Å². The van der Waals surface area contributed by atoms with Gasteiger partial charge in [0.05, 0.1) is 12.1 Å². The van der Waals surface area contributed by atoms with Crippen molar-refractivity contribution in [1.29, 1.82) is 0 Å². The third-order valence-corrected chi connectivity index (χ3v) is 5.15. The largest absolute Gasteiger partial charge is 0.360 e. The summed E-state index contributed by atoms with van der Waals surface area (Å²) >= 11 is 0. The molecule has 0 N–H and O–H groups in total. The molecule has 0 unspecified atom stereocenters. The highest BCUT2D eigenvalue weighted by molar-refractivity contribution is 5.78. The average Bonchev–Trinajstić information content (AvgIpc) is 2.79. The van der Waals surface area contributed by atoms with Crippen LogP contribution in [0.25, 0.3) is 0 Å². The zero-order valence-corrected chi connectivity index (χ0v) is 14.5. The third kappa shape index (κ3) is 4.44. The number of hydrogen-bond acceptors (Lipinski definition) is 3. The minimum Gasteiger partial charge on any atom is -0.360 e. The van der Waals surface area contributed by atoms with Crippen LogP contribution >= 0.6 is 0 Å². The zero-order chi connectivity index (χ0) is 16.0. The molecule has 0 bridgehead atoms. The first-order valence-corrected chi connectivity index (χ1v) is 8.98. The Morgan fingerprint density at radius 3 is 2.05 bits per heavy atom. The number of carbonyl (C=O) groups is 1. The van der Waals surface area contributed by atoms with Gasteiger partial charge in [-0.15, -0.1) is 0 Å². The van der Waals surface area contributed by atoms with E-state index in [-0.39, 0.29) is 11.2 Å². The van der Waals surface area contributed by atoms with E-state index in [4.69, 9.17) is 4.52 Å². The number of ketones is 1. The Labute approximate surface area is 134 Å². The van der Waals surface area contributed by atoms with E-state index >= 15 is 0 Å². The predicted octanol–water partition coefficient (Wildman–Crippen LogP) is 5.29. The van der Waals surface area contributed by atoms with Gasteiger partial charge >= 0.3 is 0 Å². The first-order valence-electron chi connectivity index (χ1n) is 8.98. The summed E-state index contributed by atoms with van der Waals surface area (Å²) in [6.07, 6.45) is 13.4. The maximum atomic E-state index is 11.5. The van der Waals surface area contributed by atoms with Crippen molar-refractivity contribution in [1.82, 2.24) is 5.16 Å². The molecule has 1 heterocycles. The van der Waals surface area contributed by atoms with E-state index in [9.17, 15) is 4.79 Å². The van der Waals surface area contributed by atoms with Gasteiger partial charge in [0, 0.05) is 5.56 Å². The highest BCUT2D eigenvalue weighted by Crippen LogP contribution is 2.39. The van der Waals surface area contributed by atoms with Crippen LogP contribution in [0.1, 0.15) is 95.1 Å². The van der Waals surface area contributed by atoms with Gasteiger partial charge in [-0.2, -0.15) is 0 Å². The molecule has 0 aliphatic heterocycles. The van der Waals surface area contributed by atoms with Gasteiger partial charge in [0.1, 0.15) is 11.5 Å². The Bertz CT molecular complexity index is 478. The Morgan fingerprint density at radius 2 is 1.55 bits per heavy atom. The molecule has 1 saturated carbocycles. The van der Waals surface area contributed by atoms with Crippen LogP contribution in [-0.2, 0) is 16.6 Å². The van der Waals surface area contributed by atoms with Gasteiger partial charge in [-0.1, -0.05) is 63.4 Å². The van der Waals surface area contributed by atoms with Gasteiger partial charge in [0.25, 0.3) is 0 Å². The van der Waals surface area contributed by atoms with E-state index in [0.29, 0.717) is 6.42 Å². The lowest BCUT2D eigenvalue weighted by atomic mass is 9.73. The van der Waals surface area contributed by atoms with Crippen molar-refractivity contribution < 1.29 is 9.32 Å². The lowest BCUT2D eigenvalue weighted by Crippen LogP contribution is -2.24. The number of aryl methyl sites for hydroxylation is 1. The Morgan fingerprint density at radius 1 is 1.05 bits per heavy atom. The summed E-state index contributed by atoms with van der Waals surface area (Å²) in [5, 5.41) is 4.18. The summed E-state index contributed by atoms with van der Waals surface area (Å²) in [5.41, 5.74) is 2.31. The fraction of sp³-hybridized carbons (Fsp3) is 0.789. The van der Waals surface area contributed by atoms with Crippen molar-refractivity contribution in [3.8, 4) is 0 Å².